The second-order valence-corrected chi connectivity index (χ2v) is 7.58. The van der Waals surface area contributed by atoms with E-state index < -0.39 is 0 Å². The number of aromatic nitrogens is 2. The Labute approximate surface area is 146 Å². The van der Waals surface area contributed by atoms with Crippen LogP contribution < -0.4 is 11.1 Å². The molecule has 0 saturated heterocycles. The van der Waals surface area contributed by atoms with Crippen molar-refractivity contribution in [2.75, 3.05) is 11.9 Å². The number of hydrogen-bond acceptors (Lipinski definition) is 5. The summed E-state index contributed by atoms with van der Waals surface area (Å²) in [5.41, 5.74) is 8.09. The molecule has 0 aliphatic rings. The number of nitrogens with zero attached hydrogens (tertiary/aromatic N) is 2. The van der Waals surface area contributed by atoms with Crippen molar-refractivity contribution >= 4 is 49.9 Å². The Hall–Kier alpha value is -1.83. The molecule has 3 N–H and O–H groups in total. The predicted molar refractivity (Wildman–Crippen MR) is 96.6 cm³/mol. The molecule has 3 rings (SSSR count). The maximum atomic E-state index is 12.3. The number of fused-ring (bicyclic) bond motifs is 1. The van der Waals surface area contributed by atoms with Gasteiger partial charge in [0.2, 0.25) is 5.91 Å². The van der Waals surface area contributed by atoms with Gasteiger partial charge in [-0.25, -0.2) is 0 Å². The molecule has 1 unspecified atom stereocenters. The third kappa shape index (κ3) is 3.93. The minimum atomic E-state index is -0.0618. The van der Waals surface area contributed by atoms with E-state index in [0.29, 0.717) is 18.7 Å². The molecule has 2 aromatic heterocycles. The Balaban J connectivity index is 1.69. The van der Waals surface area contributed by atoms with Crippen molar-refractivity contribution in [1.29, 1.82) is 0 Å². The maximum Gasteiger partial charge on any atom is 0.225 e. The molecular formula is C16H15BrN4OS. The highest BCUT2D eigenvalue weighted by atomic mass is 79.9. The number of rotatable bonds is 5. The summed E-state index contributed by atoms with van der Waals surface area (Å²) in [4.78, 5) is 21.8. The minimum absolute atomic E-state index is 0.0200. The highest BCUT2D eigenvalue weighted by Gasteiger charge is 2.16. The number of hydrogen-bond donors (Lipinski definition) is 2. The molecule has 2 heterocycles. The molecule has 0 radical (unpaired) electrons. The Morgan fingerprint density at radius 1 is 1.22 bits per heavy atom. The number of thiophene rings is 1. The van der Waals surface area contributed by atoms with Crippen molar-refractivity contribution in [3.8, 4) is 0 Å². The summed E-state index contributed by atoms with van der Waals surface area (Å²) in [6, 6.07) is 9.47. The lowest BCUT2D eigenvalue weighted by Gasteiger charge is -2.13. The fourth-order valence-electron chi connectivity index (χ4n) is 2.32. The van der Waals surface area contributed by atoms with Crippen molar-refractivity contribution in [1.82, 2.24) is 9.97 Å². The summed E-state index contributed by atoms with van der Waals surface area (Å²) >= 11 is 5.05. The average Bonchev–Trinajstić information content (AvgIpc) is 2.99. The van der Waals surface area contributed by atoms with Gasteiger partial charge in [-0.15, -0.1) is 11.3 Å². The van der Waals surface area contributed by atoms with Crippen LogP contribution in [0.3, 0.4) is 0 Å². The van der Waals surface area contributed by atoms with Gasteiger partial charge in [-0.05, 0) is 46.3 Å². The van der Waals surface area contributed by atoms with Crippen LogP contribution in [0.4, 0.5) is 5.69 Å². The van der Waals surface area contributed by atoms with E-state index in [0.717, 1.165) is 19.7 Å². The van der Waals surface area contributed by atoms with Gasteiger partial charge in [0, 0.05) is 41.8 Å². The first kappa shape index (κ1) is 16.0. The standard InChI is InChI=1S/C16H15BrN4OS/c17-15-4-3-14(23-15)10(9-18)7-16(22)21-11-1-2-12-13(8-11)20-6-5-19-12/h1-6,8,10H,7,9,18H2,(H,21,22). The third-order valence-corrected chi connectivity index (χ3v) is 5.25. The normalized spacial score (nSPS) is 12.3. The highest BCUT2D eigenvalue weighted by molar-refractivity contribution is 9.11. The highest BCUT2D eigenvalue weighted by Crippen LogP contribution is 2.30. The van der Waals surface area contributed by atoms with Crippen LogP contribution in [-0.4, -0.2) is 22.4 Å². The van der Waals surface area contributed by atoms with Gasteiger partial charge in [0.15, 0.2) is 0 Å². The Morgan fingerprint density at radius 3 is 2.70 bits per heavy atom. The average molecular weight is 391 g/mol. The van der Waals surface area contributed by atoms with Crippen molar-refractivity contribution in [3.63, 3.8) is 0 Å². The minimum Gasteiger partial charge on any atom is -0.330 e. The fraction of sp³-hybridized carbons (Fsp3) is 0.188. The van der Waals surface area contributed by atoms with Gasteiger partial charge in [-0.2, -0.15) is 0 Å². The molecule has 0 saturated carbocycles. The molecule has 0 spiro atoms. The molecule has 23 heavy (non-hydrogen) atoms. The van der Waals surface area contributed by atoms with Crippen LogP contribution in [0.25, 0.3) is 11.0 Å². The number of carbonyl (C=O) groups is 1. The van der Waals surface area contributed by atoms with E-state index >= 15 is 0 Å². The molecular weight excluding hydrogens is 376 g/mol. The van der Waals surface area contributed by atoms with E-state index in [-0.39, 0.29) is 11.8 Å². The maximum absolute atomic E-state index is 12.3. The topological polar surface area (TPSA) is 80.9 Å². The summed E-state index contributed by atoms with van der Waals surface area (Å²) < 4.78 is 1.04. The largest absolute Gasteiger partial charge is 0.330 e. The van der Waals surface area contributed by atoms with Gasteiger partial charge in [-0.3, -0.25) is 14.8 Å². The predicted octanol–water partition coefficient (Wildman–Crippen LogP) is 3.52. The number of carbonyl (C=O) groups excluding carboxylic acids is 1. The van der Waals surface area contributed by atoms with Crippen LogP contribution in [0, 0.1) is 0 Å². The number of anilines is 1. The molecule has 1 atom stereocenters. The third-order valence-electron chi connectivity index (χ3n) is 3.47. The number of amides is 1. The Bertz CT molecular complexity index is 836. The Kier molecular flexibility index (Phi) is 5.00. The molecule has 0 bridgehead atoms. The quantitative estimate of drug-likeness (QED) is 0.697. The van der Waals surface area contributed by atoms with Crippen LogP contribution in [0.5, 0.6) is 0 Å². The molecule has 7 heteroatoms. The van der Waals surface area contributed by atoms with Crippen molar-refractivity contribution < 1.29 is 4.79 Å². The lowest BCUT2D eigenvalue weighted by Crippen LogP contribution is -2.20. The molecule has 5 nitrogen and oxygen atoms in total. The van der Waals surface area contributed by atoms with Crippen LogP contribution in [0.15, 0.2) is 46.5 Å². The summed E-state index contributed by atoms with van der Waals surface area (Å²) in [6.45, 7) is 0.434. The van der Waals surface area contributed by atoms with Crippen LogP contribution >= 0.6 is 27.3 Å². The summed E-state index contributed by atoms with van der Waals surface area (Å²) in [6.07, 6.45) is 3.63. The molecule has 0 aliphatic heterocycles. The van der Waals surface area contributed by atoms with Gasteiger partial charge in [0.1, 0.15) is 0 Å². The zero-order chi connectivity index (χ0) is 16.2. The number of nitrogens with two attached hydrogens (primary N) is 1. The summed E-state index contributed by atoms with van der Waals surface area (Å²) in [5.74, 6) is -0.0419. The van der Waals surface area contributed by atoms with Crippen molar-refractivity contribution in [3.05, 3.63) is 51.4 Å². The van der Waals surface area contributed by atoms with Crippen LogP contribution in [0.2, 0.25) is 0 Å². The van der Waals surface area contributed by atoms with Gasteiger partial charge >= 0.3 is 0 Å². The first-order valence-corrected chi connectivity index (χ1v) is 8.72. The van der Waals surface area contributed by atoms with E-state index in [1.54, 1.807) is 23.7 Å². The molecule has 3 aromatic rings. The van der Waals surface area contributed by atoms with Crippen molar-refractivity contribution in [2.45, 2.75) is 12.3 Å². The lowest BCUT2D eigenvalue weighted by molar-refractivity contribution is -0.116. The van der Waals surface area contributed by atoms with Gasteiger partial charge < -0.3 is 11.1 Å². The van der Waals surface area contributed by atoms with Gasteiger partial charge in [0.05, 0.1) is 14.8 Å². The first-order valence-electron chi connectivity index (χ1n) is 7.11. The summed E-state index contributed by atoms with van der Waals surface area (Å²) in [5, 5.41) is 2.91. The molecule has 1 amide bonds. The van der Waals surface area contributed by atoms with Crippen molar-refractivity contribution in [2.24, 2.45) is 5.73 Å². The second kappa shape index (κ2) is 7.16. The zero-order valence-electron chi connectivity index (χ0n) is 12.2. The fourth-order valence-corrected chi connectivity index (χ4v) is 3.86. The first-order chi connectivity index (χ1) is 11.2. The number of benzene rings is 1. The Morgan fingerprint density at radius 2 is 2.00 bits per heavy atom. The number of halogens is 1. The van der Waals surface area contributed by atoms with Gasteiger partial charge in [-0.1, -0.05) is 0 Å². The monoisotopic (exact) mass is 390 g/mol. The zero-order valence-corrected chi connectivity index (χ0v) is 14.6. The SMILES string of the molecule is NCC(CC(=O)Nc1ccc2nccnc2c1)c1ccc(Br)s1. The van der Waals surface area contributed by atoms with Gasteiger partial charge in [0.25, 0.3) is 0 Å². The molecule has 118 valence electrons. The van der Waals surface area contributed by atoms with E-state index in [4.69, 9.17) is 5.73 Å². The van der Waals surface area contributed by atoms with E-state index in [1.807, 2.05) is 30.3 Å². The molecule has 0 aliphatic carbocycles. The molecule has 1 aromatic carbocycles. The van der Waals surface area contributed by atoms with E-state index in [2.05, 4.69) is 31.2 Å². The second-order valence-electron chi connectivity index (χ2n) is 5.09. The van der Waals surface area contributed by atoms with Crippen LogP contribution in [-0.2, 0) is 4.79 Å². The summed E-state index contributed by atoms with van der Waals surface area (Å²) in [7, 11) is 0. The van der Waals surface area contributed by atoms with E-state index in [9.17, 15) is 4.79 Å². The lowest BCUT2D eigenvalue weighted by atomic mass is 10.0. The molecule has 0 fully saturated rings. The smallest absolute Gasteiger partial charge is 0.225 e. The van der Waals surface area contributed by atoms with Crippen LogP contribution in [0.1, 0.15) is 17.2 Å². The van der Waals surface area contributed by atoms with E-state index in [1.165, 1.54) is 0 Å². The number of nitrogens with one attached hydrogen (secondary N) is 1.